The van der Waals surface area contributed by atoms with Crippen molar-refractivity contribution >= 4 is 0 Å². The summed E-state index contributed by atoms with van der Waals surface area (Å²) < 4.78 is 6.07. The second kappa shape index (κ2) is 6.50. The Labute approximate surface area is 130 Å². The number of benzene rings is 1. The number of ether oxygens (including phenoxy) is 1. The average molecular weight is 289 g/mol. The van der Waals surface area contributed by atoms with E-state index in [2.05, 4.69) is 57.4 Å². The molecule has 1 aliphatic rings. The number of hydrogen-bond acceptors (Lipinski definition) is 2. The first-order valence-corrected chi connectivity index (χ1v) is 8.27. The van der Waals surface area contributed by atoms with E-state index in [1.807, 2.05) is 7.11 Å². The molecule has 0 amide bonds. The van der Waals surface area contributed by atoms with Crippen molar-refractivity contribution in [1.82, 2.24) is 5.32 Å². The van der Waals surface area contributed by atoms with Gasteiger partial charge in [0.1, 0.15) is 0 Å². The monoisotopic (exact) mass is 289 g/mol. The van der Waals surface area contributed by atoms with Crippen molar-refractivity contribution in [2.45, 2.75) is 64.5 Å². The van der Waals surface area contributed by atoms with E-state index >= 15 is 0 Å². The first-order valence-electron chi connectivity index (χ1n) is 8.27. The fourth-order valence-electron chi connectivity index (χ4n) is 3.64. The van der Waals surface area contributed by atoms with E-state index in [9.17, 15) is 0 Å². The Hall–Kier alpha value is -0.860. The van der Waals surface area contributed by atoms with Crippen LogP contribution in [-0.4, -0.2) is 19.8 Å². The third-order valence-electron chi connectivity index (χ3n) is 5.39. The summed E-state index contributed by atoms with van der Waals surface area (Å²) in [5, 5.41) is 3.52. The van der Waals surface area contributed by atoms with Gasteiger partial charge in [0, 0.05) is 7.11 Å². The molecule has 1 atom stereocenters. The SMILES string of the molecule is CCc1ccc(C(NC)C2(OC)CCC(C)(C)CC2)cc1. The van der Waals surface area contributed by atoms with Crippen LogP contribution < -0.4 is 5.32 Å². The van der Waals surface area contributed by atoms with Gasteiger partial charge in [-0.2, -0.15) is 0 Å². The van der Waals surface area contributed by atoms with Crippen molar-refractivity contribution in [3.8, 4) is 0 Å². The van der Waals surface area contributed by atoms with E-state index < -0.39 is 0 Å². The molecule has 0 saturated heterocycles. The summed E-state index contributed by atoms with van der Waals surface area (Å²) in [7, 11) is 3.93. The van der Waals surface area contributed by atoms with Crippen LogP contribution in [0.4, 0.5) is 0 Å². The highest BCUT2D eigenvalue weighted by atomic mass is 16.5. The molecule has 0 aromatic heterocycles. The first kappa shape index (κ1) is 16.5. The number of aryl methyl sites for hydroxylation is 1. The minimum absolute atomic E-state index is 0.0714. The summed E-state index contributed by atoms with van der Waals surface area (Å²) in [6.45, 7) is 6.94. The number of nitrogens with one attached hydrogen (secondary N) is 1. The number of rotatable bonds is 5. The predicted octanol–water partition coefficient (Wildman–Crippen LogP) is 4.49. The Kier molecular flexibility index (Phi) is 5.11. The molecule has 1 fully saturated rings. The van der Waals surface area contributed by atoms with E-state index in [-0.39, 0.29) is 11.6 Å². The highest BCUT2D eigenvalue weighted by Crippen LogP contribution is 2.47. The third-order valence-corrected chi connectivity index (χ3v) is 5.39. The van der Waals surface area contributed by atoms with Gasteiger partial charge in [0.15, 0.2) is 0 Å². The largest absolute Gasteiger partial charge is 0.376 e. The molecule has 1 saturated carbocycles. The Bertz CT molecular complexity index is 439. The Morgan fingerprint density at radius 3 is 2.10 bits per heavy atom. The molecule has 1 N–H and O–H groups in total. The standard InChI is InChI=1S/C19H31NO/c1-6-15-7-9-16(10-8-15)17(20-4)19(21-5)13-11-18(2,3)12-14-19/h7-10,17,20H,6,11-14H2,1-5H3. The van der Waals surface area contributed by atoms with Crippen LogP contribution in [0.1, 0.15) is 63.6 Å². The second-order valence-corrected chi connectivity index (χ2v) is 7.25. The lowest BCUT2D eigenvalue weighted by atomic mass is 9.67. The highest BCUT2D eigenvalue weighted by Gasteiger charge is 2.44. The van der Waals surface area contributed by atoms with Crippen LogP contribution in [0.2, 0.25) is 0 Å². The zero-order valence-corrected chi connectivity index (χ0v) is 14.3. The summed E-state index contributed by atoms with van der Waals surface area (Å²) in [5.74, 6) is 0. The molecule has 1 unspecified atom stereocenters. The van der Waals surface area contributed by atoms with E-state index in [4.69, 9.17) is 4.74 Å². The Morgan fingerprint density at radius 1 is 1.10 bits per heavy atom. The van der Waals surface area contributed by atoms with E-state index in [0.29, 0.717) is 5.41 Å². The second-order valence-electron chi connectivity index (χ2n) is 7.25. The number of likely N-dealkylation sites (N-methyl/N-ethyl adjacent to an activating group) is 1. The number of methoxy groups -OCH3 is 1. The lowest BCUT2D eigenvalue weighted by Crippen LogP contribution is -2.48. The van der Waals surface area contributed by atoms with E-state index in [1.165, 1.54) is 24.0 Å². The Balaban J connectivity index is 2.25. The molecule has 0 bridgehead atoms. The molecule has 0 aliphatic heterocycles. The fraction of sp³-hybridized carbons (Fsp3) is 0.684. The summed E-state index contributed by atoms with van der Waals surface area (Å²) in [5.41, 5.74) is 3.12. The topological polar surface area (TPSA) is 21.3 Å². The quantitative estimate of drug-likeness (QED) is 0.862. The molecule has 21 heavy (non-hydrogen) atoms. The maximum Gasteiger partial charge on any atom is 0.0872 e. The summed E-state index contributed by atoms with van der Waals surface area (Å²) in [6, 6.07) is 9.29. The van der Waals surface area contributed by atoms with Gasteiger partial charge in [-0.15, -0.1) is 0 Å². The maximum atomic E-state index is 6.07. The zero-order chi connectivity index (χ0) is 15.5. The molecule has 118 valence electrons. The molecule has 0 spiro atoms. The zero-order valence-electron chi connectivity index (χ0n) is 14.3. The molecular weight excluding hydrogens is 258 g/mol. The molecule has 2 rings (SSSR count). The minimum Gasteiger partial charge on any atom is -0.376 e. The van der Waals surface area contributed by atoms with E-state index in [0.717, 1.165) is 19.3 Å². The fourth-order valence-corrected chi connectivity index (χ4v) is 3.64. The summed E-state index contributed by atoms with van der Waals surface area (Å²) >= 11 is 0. The summed E-state index contributed by atoms with van der Waals surface area (Å²) in [4.78, 5) is 0. The van der Waals surface area contributed by atoms with Gasteiger partial charge in [-0.1, -0.05) is 45.0 Å². The van der Waals surface area contributed by atoms with Gasteiger partial charge >= 0.3 is 0 Å². The molecule has 1 aromatic rings. The number of hydrogen-bond donors (Lipinski definition) is 1. The van der Waals surface area contributed by atoms with Crippen LogP contribution in [0.5, 0.6) is 0 Å². The molecule has 1 aliphatic carbocycles. The van der Waals surface area contributed by atoms with Crippen LogP contribution in [0.3, 0.4) is 0 Å². The highest BCUT2D eigenvalue weighted by molar-refractivity contribution is 5.27. The van der Waals surface area contributed by atoms with E-state index in [1.54, 1.807) is 0 Å². The lowest BCUT2D eigenvalue weighted by molar-refractivity contribution is -0.0862. The van der Waals surface area contributed by atoms with Crippen molar-refractivity contribution in [3.63, 3.8) is 0 Å². The molecular formula is C19H31NO. The molecule has 2 nitrogen and oxygen atoms in total. The average Bonchev–Trinajstić information content (AvgIpc) is 2.50. The Morgan fingerprint density at radius 2 is 1.67 bits per heavy atom. The third kappa shape index (κ3) is 3.49. The van der Waals surface area contributed by atoms with Gasteiger partial charge in [-0.3, -0.25) is 0 Å². The van der Waals surface area contributed by atoms with Crippen LogP contribution in [0, 0.1) is 5.41 Å². The molecule has 2 heteroatoms. The molecule has 1 aromatic carbocycles. The molecule has 0 heterocycles. The van der Waals surface area contributed by atoms with Crippen molar-refractivity contribution in [3.05, 3.63) is 35.4 Å². The minimum atomic E-state index is -0.0714. The van der Waals surface area contributed by atoms with Gasteiger partial charge in [0.05, 0.1) is 11.6 Å². The predicted molar refractivity (Wildman–Crippen MR) is 89.6 cm³/mol. The van der Waals surface area contributed by atoms with Crippen LogP contribution in [-0.2, 0) is 11.2 Å². The van der Waals surface area contributed by atoms with Crippen LogP contribution >= 0.6 is 0 Å². The summed E-state index contributed by atoms with van der Waals surface area (Å²) in [6.07, 6.45) is 5.79. The molecule has 0 radical (unpaired) electrons. The van der Waals surface area contributed by atoms with Crippen molar-refractivity contribution in [1.29, 1.82) is 0 Å². The van der Waals surface area contributed by atoms with Gasteiger partial charge in [-0.25, -0.2) is 0 Å². The van der Waals surface area contributed by atoms with Gasteiger partial charge in [0.2, 0.25) is 0 Å². The van der Waals surface area contributed by atoms with Crippen molar-refractivity contribution in [2.24, 2.45) is 5.41 Å². The van der Waals surface area contributed by atoms with Crippen molar-refractivity contribution < 1.29 is 4.74 Å². The van der Waals surface area contributed by atoms with Crippen LogP contribution in [0.25, 0.3) is 0 Å². The van der Waals surface area contributed by atoms with Gasteiger partial charge in [0.25, 0.3) is 0 Å². The lowest BCUT2D eigenvalue weighted by Gasteiger charge is -2.47. The van der Waals surface area contributed by atoms with Gasteiger partial charge in [-0.05, 0) is 55.7 Å². The van der Waals surface area contributed by atoms with Crippen molar-refractivity contribution in [2.75, 3.05) is 14.2 Å². The maximum absolute atomic E-state index is 6.07. The van der Waals surface area contributed by atoms with Crippen LogP contribution in [0.15, 0.2) is 24.3 Å². The van der Waals surface area contributed by atoms with Gasteiger partial charge < -0.3 is 10.1 Å². The normalized spacial score (nSPS) is 22.0. The smallest absolute Gasteiger partial charge is 0.0872 e. The first-order chi connectivity index (χ1) is 9.96.